The highest BCUT2D eigenvalue weighted by Crippen LogP contribution is 2.12. The van der Waals surface area contributed by atoms with Crippen LogP contribution in [0.25, 0.3) is 0 Å². The van der Waals surface area contributed by atoms with Crippen LogP contribution in [0.4, 0.5) is 4.39 Å². The Kier molecular flexibility index (Phi) is 3.74. The van der Waals surface area contributed by atoms with Gasteiger partial charge in [0.2, 0.25) is 0 Å². The van der Waals surface area contributed by atoms with Gasteiger partial charge in [-0.05, 0) is 18.9 Å². The van der Waals surface area contributed by atoms with Crippen molar-refractivity contribution >= 4 is 5.91 Å². The lowest BCUT2D eigenvalue weighted by atomic mass is 10.1. The van der Waals surface area contributed by atoms with Gasteiger partial charge in [0.1, 0.15) is 11.6 Å². The van der Waals surface area contributed by atoms with Crippen molar-refractivity contribution in [3.05, 3.63) is 46.1 Å². The minimum atomic E-state index is -0.544. The van der Waals surface area contributed by atoms with E-state index in [9.17, 15) is 14.0 Å². The molecule has 3 heterocycles. The van der Waals surface area contributed by atoms with E-state index in [1.807, 2.05) is 0 Å². The van der Waals surface area contributed by atoms with Gasteiger partial charge < -0.3 is 5.32 Å². The van der Waals surface area contributed by atoms with Gasteiger partial charge in [-0.3, -0.25) is 14.3 Å². The number of hydrogen-bond donors (Lipinski definition) is 1. The number of pyridine rings is 1. The second-order valence-electron chi connectivity index (χ2n) is 5.36. The Morgan fingerprint density at radius 2 is 2.23 bits per heavy atom. The summed E-state index contributed by atoms with van der Waals surface area (Å²) in [7, 11) is 1.63. The molecule has 1 N–H and O–H groups in total. The Labute approximate surface area is 125 Å². The maximum atomic E-state index is 13.1. The number of nitrogens with zero attached hydrogens (tertiary/aromatic N) is 4. The van der Waals surface area contributed by atoms with Gasteiger partial charge >= 0.3 is 5.69 Å². The zero-order valence-corrected chi connectivity index (χ0v) is 12.1. The molecule has 1 unspecified atom stereocenters. The Hall–Kier alpha value is -2.51. The Morgan fingerprint density at radius 1 is 1.41 bits per heavy atom. The number of nitrogens with one attached hydrogen (secondary N) is 1. The normalized spacial score (nSPS) is 17.6. The maximum absolute atomic E-state index is 13.1. The molecule has 1 aliphatic rings. The van der Waals surface area contributed by atoms with Crippen LogP contribution in [0.3, 0.4) is 0 Å². The largest absolute Gasteiger partial charge is 0.349 e. The van der Waals surface area contributed by atoms with Crippen LogP contribution in [0.15, 0.2) is 23.3 Å². The summed E-state index contributed by atoms with van der Waals surface area (Å²) in [5, 5.41) is 7.05. The molecule has 1 aliphatic heterocycles. The molecule has 0 saturated carbocycles. The van der Waals surface area contributed by atoms with Crippen molar-refractivity contribution in [2.75, 3.05) is 0 Å². The predicted molar refractivity (Wildman–Crippen MR) is 75.9 cm³/mol. The fourth-order valence-electron chi connectivity index (χ4n) is 2.65. The van der Waals surface area contributed by atoms with E-state index >= 15 is 0 Å². The number of carbonyl (C=O) groups excluding carboxylic acids is 1. The average Bonchev–Trinajstić information content (AvgIpc) is 2.65. The SMILES string of the molecule is Cn1nc2n(c1=O)CCC(NC(=O)c1cncc(F)c1)CC2. The van der Waals surface area contributed by atoms with Crippen molar-refractivity contribution in [1.29, 1.82) is 0 Å². The molecule has 8 heteroatoms. The number of carbonyl (C=O) groups is 1. The fraction of sp³-hybridized carbons (Fsp3) is 0.429. The molecular weight excluding hydrogens is 289 g/mol. The maximum Gasteiger partial charge on any atom is 0.345 e. The van der Waals surface area contributed by atoms with Gasteiger partial charge in [-0.25, -0.2) is 13.9 Å². The second kappa shape index (κ2) is 5.70. The summed E-state index contributed by atoms with van der Waals surface area (Å²) in [6, 6.07) is 1.07. The molecule has 0 aromatic carbocycles. The molecule has 2 aromatic rings. The van der Waals surface area contributed by atoms with Crippen molar-refractivity contribution in [2.24, 2.45) is 7.05 Å². The molecule has 3 rings (SSSR count). The molecule has 22 heavy (non-hydrogen) atoms. The molecule has 0 bridgehead atoms. The molecule has 7 nitrogen and oxygen atoms in total. The molecular formula is C14H16FN5O2. The van der Waals surface area contributed by atoms with Crippen LogP contribution in [0.2, 0.25) is 0 Å². The molecule has 0 radical (unpaired) electrons. The van der Waals surface area contributed by atoms with Crippen LogP contribution in [-0.2, 0) is 20.0 Å². The van der Waals surface area contributed by atoms with Crippen LogP contribution in [0.1, 0.15) is 29.0 Å². The van der Waals surface area contributed by atoms with Crippen molar-refractivity contribution < 1.29 is 9.18 Å². The van der Waals surface area contributed by atoms with E-state index in [0.29, 0.717) is 25.8 Å². The number of hydrogen-bond acceptors (Lipinski definition) is 4. The molecule has 116 valence electrons. The van der Waals surface area contributed by atoms with E-state index in [1.165, 1.54) is 10.9 Å². The second-order valence-corrected chi connectivity index (χ2v) is 5.36. The lowest BCUT2D eigenvalue weighted by Gasteiger charge is -2.15. The topological polar surface area (TPSA) is 81.8 Å². The zero-order chi connectivity index (χ0) is 15.7. The van der Waals surface area contributed by atoms with E-state index in [2.05, 4.69) is 15.4 Å². The van der Waals surface area contributed by atoms with Crippen molar-refractivity contribution in [2.45, 2.75) is 31.8 Å². The highest BCUT2D eigenvalue weighted by atomic mass is 19.1. The molecule has 1 amide bonds. The van der Waals surface area contributed by atoms with Gasteiger partial charge in [-0.2, -0.15) is 5.10 Å². The number of rotatable bonds is 2. The first-order chi connectivity index (χ1) is 10.5. The summed E-state index contributed by atoms with van der Waals surface area (Å²) in [6.45, 7) is 0.508. The summed E-state index contributed by atoms with van der Waals surface area (Å²) >= 11 is 0. The smallest absolute Gasteiger partial charge is 0.345 e. The van der Waals surface area contributed by atoms with Crippen LogP contribution < -0.4 is 11.0 Å². The molecule has 2 aromatic heterocycles. The summed E-state index contributed by atoms with van der Waals surface area (Å²) in [5.74, 6) is -0.168. The highest BCUT2D eigenvalue weighted by molar-refractivity contribution is 5.94. The summed E-state index contributed by atoms with van der Waals surface area (Å²) in [5.41, 5.74) is 0.0502. The van der Waals surface area contributed by atoms with Gasteiger partial charge in [0.15, 0.2) is 0 Å². The number of aryl methyl sites for hydroxylation is 2. The number of halogens is 1. The number of aromatic nitrogens is 4. The third-order valence-electron chi connectivity index (χ3n) is 3.80. The van der Waals surface area contributed by atoms with E-state index < -0.39 is 5.82 Å². The van der Waals surface area contributed by atoms with Gasteiger partial charge in [-0.1, -0.05) is 0 Å². The van der Waals surface area contributed by atoms with Gasteiger partial charge in [0, 0.05) is 32.3 Å². The minimum Gasteiger partial charge on any atom is -0.349 e. The highest BCUT2D eigenvalue weighted by Gasteiger charge is 2.21. The van der Waals surface area contributed by atoms with Crippen molar-refractivity contribution in [3.8, 4) is 0 Å². The predicted octanol–water partition coefficient (Wildman–Crippen LogP) is 0.251. The standard InChI is InChI=1S/C14H16FN5O2/c1-19-14(22)20-5-4-11(2-3-12(20)18-19)17-13(21)9-6-10(15)8-16-7-9/h6-8,11H,2-5H2,1H3,(H,17,21). The van der Waals surface area contributed by atoms with E-state index in [-0.39, 0.29) is 23.2 Å². The fourth-order valence-corrected chi connectivity index (χ4v) is 2.65. The number of fused-ring (bicyclic) bond motifs is 1. The molecule has 0 fully saturated rings. The lowest BCUT2D eigenvalue weighted by Crippen LogP contribution is -2.35. The van der Waals surface area contributed by atoms with E-state index in [0.717, 1.165) is 18.1 Å². The lowest BCUT2D eigenvalue weighted by molar-refractivity contribution is 0.0932. The monoisotopic (exact) mass is 305 g/mol. The van der Waals surface area contributed by atoms with Gasteiger partial charge in [0.25, 0.3) is 5.91 Å². The first-order valence-electron chi connectivity index (χ1n) is 7.08. The quantitative estimate of drug-likeness (QED) is 0.862. The van der Waals surface area contributed by atoms with E-state index in [4.69, 9.17) is 0 Å². The van der Waals surface area contributed by atoms with Crippen LogP contribution in [-0.4, -0.2) is 31.3 Å². The van der Waals surface area contributed by atoms with E-state index in [1.54, 1.807) is 11.6 Å². The third kappa shape index (κ3) is 2.76. The first-order valence-corrected chi connectivity index (χ1v) is 7.08. The molecule has 0 saturated heterocycles. The molecule has 0 spiro atoms. The average molecular weight is 305 g/mol. The van der Waals surface area contributed by atoms with Crippen LogP contribution in [0.5, 0.6) is 0 Å². The van der Waals surface area contributed by atoms with Gasteiger partial charge in [0.05, 0.1) is 11.8 Å². The minimum absolute atomic E-state index is 0.0813. The Morgan fingerprint density at radius 3 is 3.00 bits per heavy atom. The third-order valence-corrected chi connectivity index (χ3v) is 3.80. The van der Waals surface area contributed by atoms with Crippen molar-refractivity contribution in [3.63, 3.8) is 0 Å². The molecule has 0 aliphatic carbocycles. The summed E-state index contributed by atoms with van der Waals surface area (Å²) in [6.07, 6.45) is 4.31. The van der Waals surface area contributed by atoms with Gasteiger partial charge in [-0.15, -0.1) is 0 Å². The van der Waals surface area contributed by atoms with Crippen LogP contribution >= 0.6 is 0 Å². The Balaban J connectivity index is 1.68. The number of amides is 1. The summed E-state index contributed by atoms with van der Waals surface area (Å²) < 4.78 is 16.1. The first kappa shape index (κ1) is 14.4. The van der Waals surface area contributed by atoms with Crippen molar-refractivity contribution in [1.82, 2.24) is 24.6 Å². The summed E-state index contributed by atoms with van der Waals surface area (Å²) in [4.78, 5) is 27.7. The Bertz CT molecular complexity index is 767. The van der Waals surface area contributed by atoms with Crippen LogP contribution in [0, 0.1) is 5.82 Å². The molecule has 1 atom stereocenters. The zero-order valence-electron chi connectivity index (χ0n) is 12.1.